The average Bonchev–Trinajstić information content (AvgIpc) is 3.35. The summed E-state index contributed by atoms with van der Waals surface area (Å²) in [5.74, 6) is -2.46. The van der Waals surface area contributed by atoms with Gasteiger partial charge in [0.15, 0.2) is 31.5 Å². The van der Waals surface area contributed by atoms with Gasteiger partial charge in [0.25, 0.3) is 0 Å². The molecule has 430 valence electrons. The van der Waals surface area contributed by atoms with Gasteiger partial charge < -0.3 is 145 Å². The number of nitrogens with one attached hydrogen (secondary N) is 3. The van der Waals surface area contributed by atoms with E-state index in [4.69, 9.17) is 47.4 Å². The van der Waals surface area contributed by atoms with Crippen LogP contribution >= 0.6 is 0 Å². The Morgan fingerprint density at radius 3 is 1.43 bits per heavy atom. The number of carbonyl (C=O) groups is 3. The lowest BCUT2D eigenvalue weighted by Crippen LogP contribution is -2.71. The van der Waals surface area contributed by atoms with E-state index in [1.165, 1.54) is 13.8 Å². The molecule has 5 heterocycles. The zero-order chi connectivity index (χ0) is 55.2. The van der Waals surface area contributed by atoms with Crippen molar-refractivity contribution in [3.05, 3.63) is 0 Å². The number of hydrogen-bond donors (Lipinski definition) is 19. The van der Waals surface area contributed by atoms with Gasteiger partial charge in [0.1, 0.15) is 128 Å². The summed E-state index contributed by atoms with van der Waals surface area (Å²) in [6, 6.07) is -5.09. The molecule has 5 saturated heterocycles. The summed E-state index contributed by atoms with van der Waals surface area (Å²) >= 11 is 0. The van der Waals surface area contributed by atoms with Crippen LogP contribution in [0.25, 0.3) is 0 Å². The molecule has 0 aliphatic carbocycles. The fourth-order valence-corrected chi connectivity index (χ4v) is 9.09. The van der Waals surface area contributed by atoms with Gasteiger partial charge in [0.05, 0.1) is 51.3 Å². The maximum Gasteiger partial charge on any atom is 0.217 e. The molecular formula is C42H73N3O29. The first-order valence-corrected chi connectivity index (χ1v) is 23.7. The number of carbonyl (C=O) groups excluding carboxylic acids is 3. The first-order chi connectivity index (χ1) is 34.8. The second-order valence-corrected chi connectivity index (χ2v) is 18.7. The maximum atomic E-state index is 13.0. The monoisotopic (exact) mass is 1080 g/mol. The van der Waals surface area contributed by atoms with Crippen LogP contribution in [0.1, 0.15) is 34.6 Å². The molecule has 0 aromatic carbocycles. The van der Waals surface area contributed by atoms with Crippen LogP contribution in [-0.2, 0) is 61.8 Å². The van der Waals surface area contributed by atoms with Crippen molar-refractivity contribution in [3.8, 4) is 0 Å². The highest BCUT2D eigenvalue weighted by atomic mass is 16.8. The molecular weight excluding hydrogens is 1010 g/mol. The van der Waals surface area contributed by atoms with Crippen LogP contribution in [0.2, 0.25) is 0 Å². The SMILES string of the molecule is CC(=O)N[C@H]1[C@H](O[C@@H]2[C@@H](NC(C)=O)[C@H](OC[C@@H](O)[C@H](O)[C@@H](O[C@@H]3O[C@H](CO)[C@H](O)[C@H](O)[C@H]3O[C@H]3O[C@H](C)[C@H](O)[C@H](O)[C@H]3O)[C@H](CO)NC(C)=O)O[C@H](CO)[C@H]2O[C@@H]2O[C@H](C)[C@H](O)[C@H](O)[C@H]2O)O[C@H](CO)[C@@H](O)[C@@H]1O. The lowest BCUT2D eigenvalue weighted by Gasteiger charge is -2.50. The molecule has 0 aromatic heterocycles. The van der Waals surface area contributed by atoms with Crippen LogP contribution in [0.5, 0.6) is 0 Å². The standard InChI is InChI=1S/C42H73N3O29/c1-11-23(54)29(60)32(63)40(66-11)72-35-20(9-49)70-38(22(45-15(5)52)36(35)73-39-21(44-14(4)51)28(59)26(57)18(7-47)68-39)65-10-17(53)25(56)34(16(6-46)43-13(3)50)71-42-37(31(62)27(58)19(8-48)69-42)74-41-33(64)30(61)24(55)12(2)67-41/h11-12,16-42,46-49,53-64H,6-10H2,1-5H3,(H,43,50)(H,44,51)(H,45,52)/t11-,12-,16+,17-,18-,19-,20-,21-,22-,23+,24+,25+,26-,27+,28-,29+,30+,31+,32-,33-,34+,35-,36-,37-,38-,39+,40+,41-,42+/m1/s1. The van der Waals surface area contributed by atoms with Gasteiger partial charge in [-0.15, -0.1) is 0 Å². The number of ether oxygens (including phenoxy) is 10. The van der Waals surface area contributed by atoms with E-state index in [1.54, 1.807) is 0 Å². The normalized spacial score (nSPS) is 44.6. The van der Waals surface area contributed by atoms with Crippen molar-refractivity contribution in [2.75, 3.05) is 33.0 Å². The summed E-state index contributed by atoms with van der Waals surface area (Å²) in [5, 5.41) is 179. The van der Waals surface area contributed by atoms with Gasteiger partial charge >= 0.3 is 0 Å². The zero-order valence-electron chi connectivity index (χ0n) is 40.7. The zero-order valence-corrected chi connectivity index (χ0v) is 40.7. The molecule has 29 atom stereocenters. The molecule has 32 nitrogen and oxygen atoms in total. The predicted molar refractivity (Wildman–Crippen MR) is 233 cm³/mol. The molecule has 32 heteroatoms. The Kier molecular flexibility index (Phi) is 23.0. The average molecular weight is 1080 g/mol. The van der Waals surface area contributed by atoms with Crippen molar-refractivity contribution in [2.45, 2.75) is 212 Å². The van der Waals surface area contributed by atoms with Crippen LogP contribution < -0.4 is 16.0 Å². The van der Waals surface area contributed by atoms with E-state index in [1.807, 2.05) is 0 Å². The quantitative estimate of drug-likeness (QED) is 0.0507. The van der Waals surface area contributed by atoms with Crippen LogP contribution in [0, 0.1) is 0 Å². The molecule has 74 heavy (non-hydrogen) atoms. The molecule has 5 aliphatic rings. The van der Waals surface area contributed by atoms with Gasteiger partial charge in [-0.05, 0) is 13.8 Å². The minimum absolute atomic E-state index is 0.780. The number of hydrogen-bond acceptors (Lipinski definition) is 29. The van der Waals surface area contributed by atoms with Crippen LogP contribution in [0.4, 0.5) is 0 Å². The van der Waals surface area contributed by atoms with E-state index in [0.717, 1.165) is 20.8 Å². The highest BCUT2D eigenvalue weighted by Gasteiger charge is 2.56. The van der Waals surface area contributed by atoms with Crippen molar-refractivity contribution in [1.29, 1.82) is 0 Å². The highest BCUT2D eigenvalue weighted by molar-refractivity contribution is 5.74. The van der Waals surface area contributed by atoms with Crippen molar-refractivity contribution in [2.24, 2.45) is 0 Å². The molecule has 19 N–H and O–H groups in total. The maximum absolute atomic E-state index is 13.0. The first kappa shape index (κ1) is 62.2. The molecule has 0 spiro atoms. The molecule has 0 radical (unpaired) electrons. The molecule has 0 unspecified atom stereocenters. The second-order valence-electron chi connectivity index (χ2n) is 18.7. The predicted octanol–water partition coefficient (Wildman–Crippen LogP) is -12.0. The Hall–Kier alpha value is -2.63. The lowest BCUT2D eigenvalue weighted by atomic mass is 9.93. The van der Waals surface area contributed by atoms with Crippen LogP contribution in [-0.4, -0.2) is 310 Å². The van der Waals surface area contributed by atoms with Gasteiger partial charge in [-0.2, -0.15) is 0 Å². The van der Waals surface area contributed by atoms with Gasteiger partial charge in [-0.25, -0.2) is 0 Å². The van der Waals surface area contributed by atoms with Gasteiger partial charge in [0, 0.05) is 20.8 Å². The molecule has 5 aliphatic heterocycles. The van der Waals surface area contributed by atoms with Gasteiger partial charge in [-0.3, -0.25) is 14.4 Å². The van der Waals surface area contributed by atoms with Crippen molar-refractivity contribution in [1.82, 2.24) is 16.0 Å². The third kappa shape index (κ3) is 14.3. The number of aliphatic hydroxyl groups is 16. The summed E-state index contributed by atoms with van der Waals surface area (Å²) in [6.07, 6.45) is -47.8. The lowest BCUT2D eigenvalue weighted by molar-refractivity contribution is -0.374. The van der Waals surface area contributed by atoms with Crippen molar-refractivity contribution >= 4 is 17.7 Å². The van der Waals surface area contributed by atoms with E-state index in [9.17, 15) is 96.1 Å². The largest absolute Gasteiger partial charge is 0.394 e. The topological polar surface area (TPSA) is 503 Å². The molecule has 0 aromatic rings. The fraction of sp³-hybridized carbons (Fsp3) is 0.929. The van der Waals surface area contributed by atoms with E-state index >= 15 is 0 Å². The Morgan fingerprint density at radius 2 is 0.946 bits per heavy atom. The molecule has 0 saturated carbocycles. The third-order valence-corrected chi connectivity index (χ3v) is 13.2. The summed E-state index contributed by atoms with van der Waals surface area (Å²) in [6.45, 7) is 0.640. The summed E-state index contributed by atoms with van der Waals surface area (Å²) < 4.78 is 58.6. The van der Waals surface area contributed by atoms with Crippen LogP contribution in [0.15, 0.2) is 0 Å². The first-order valence-electron chi connectivity index (χ1n) is 23.7. The highest BCUT2D eigenvalue weighted by Crippen LogP contribution is 2.35. The number of amides is 3. The summed E-state index contributed by atoms with van der Waals surface area (Å²) in [5.41, 5.74) is 0. The summed E-state index contributed by atoms with van der Waals surface area (Å²) in [4.78, 5) is 37.7. The molecule has 0 bridgehead atoms. The fourth-order valence-electron chi connectivity index (χ4n) is 9.09. The van der Waals surface area contributed by atoms with Crippen molar-refractivity contribution < 1.29 is 143 Å². The van der Waals surface area contributed by atoms with Crippen molar-refractivity contribution in [3.63, 3.8) is 0 Å². The van der Waals surface area contributed by atoms with E-state index in [0.29, 0.717) is 0 Å². The molecule has 3 amide bonds. The smallest absolute Gasteiger partial charge is 0.217 e. The van der Waals surface area contributed by atoms with E-state index in [-0.39, 0.29) is 0 Å². The molecule has 5 fully saturated rings. The summed E-state index contributed by atoms with van der Waals surface area (Å²) in [7, 11) is 0. The Balaban J connectivity index is 1.49. The Bertz CT molecular complexity index is 1780. The number of rotatable bonds is 21. The van der Waals surface area contributed by atoms with Gasteiger partial charge in [0.2, 0.25) is 17.7 Å². The van der Waals surface area contributed by atoms with Crippen LogP contribution in [0.3, 0.4) is 0 Å². The number of aliphatic hydroxyl groups excluding tert-OH is 16. The second kappa shape index (κ2) is 27.3. The van der Waals surface area contributed by atoms with E-state index in [2.05, 4.69) is 16.0 Å². The minimum Gasteiger partial charge on any atom is -0.394 e. The Morgan fingerprint density at radius 1 is 0.486 bits per heavy atom. The Labute approximate surface area is 422 Å². The third-order valence-electron chi connectivity index (χ3n) is 13.2. The molecule has 5 rings (SSSR count). The minimum atomic E-state index is -2.33. The van der Waals surface area contributed by atoms with E-state index < -0.39 is 229 Å². The van der Waals surface area contributed by atoms with Gasteiger partial charge in [-0.1, -0.05) is 0 Å².